The highest BCUT2D eigenvalue weighted by molar-refractivity contribution is 5.67. The molecule has 0 aliphatic heterocycles. The van der Waals surface area contributed by atoms with Gasteiger partial charge in [0.1, 0.15) is 6.10 Å². The molecule has 0 saturated carbocycles. The molecule has 1 unspecified atom stereocenters. The van der Waals surface area contributed by atoms with E-state index < -0.39 is 12.1 Å². The van der Waals surface area contributed by atoms with E-state index in [1.165, 1.54) is 0 Å². The van der Waals surface area contributed by atoms with Crippen LogP contribution in [-0.2, 0) is 11.8 Å². The molecule has 0 aliphatic carbocycles. The van der Waals surface area contributed by atoms with Crippen LogP contribution < -0.4 is 0 Å². The fourth-order valence-corrected chi connectivity index (χ4v) is 1.02. The number of nitrogens with zero attached hydrogens (tertiary/aromatic N) is 2. The smallest absolute Gasteiger partial charge is 0.306 e. The Hall–Kier alpha value is -1.36. The fraction of sp³-hybridized carbons (Fsp3) is 0.500. The number of aryl methyl sites for hydroxylation is 2. The van der Waals surface area contributed by atoms with Crippen molar-refractivity contribution in [3.05, 3.63) is 17.5 Å². The lowest BCUT2D eigenvalue weighted by Crippen LogP contribution is -2.06. The molecule has 1 heterocycles. The number of aliphatic carboxylic acids is 1. The summed E-state index contributed by atoms with van der Waals surface area (Å²) in [6, 6.07) is 1.67. The molecule has 1 aromatic heterocycles. The van der Waals surface area contributed by atoms with E-state index >= 15 is 0 Å². The summed E-state index contributed by atoms with van der Waals surface area (Å²) >= 11 is 0. The van der Waals surface area contributed by atoms with E-state index in [9.17, 15) is 9.90 Å². The molecule has 5 nitrogen and oxygen atoms in total. The molecule has 0 fully saturated rings. The van der Waals surface area contributed by atoms with Crippen molar-refractivity contribution in [2.24, 2.45) is 7.05 Å². The molecule has 1 aromatic rings. The van der Waals surface area contributed by atoms with Gasteiger partial charge in [0.05, 0.1) is 12.1 Å². The molecule has 0 spiro atoms. The average Bonchev–Trinajstić information content (AvgIpc) is 2.31. The van der Waals surface area contributed by atoms with E-state index in [-0.39, 0.29) is 6.42 Å². The van der Waals surface area contributed by atoms with E-state index in [0.29, 0.717) is 5.69 Å². The van der Waals surface area contributed by atoms with Crippen LogP contribution in [0.2, 0.25) is 0 Å². The summed E-state index contributed by atoms with van der Waals surface area (Å²) < 4.78 is 1.60. The van der Waals surface area contributed by atoms with Crippen LogP contribution in [0.15, 0.2) is 6.07 Å². The van der Waals surface area contributed by atoms with E-state index in [0.717, 1.165) is 5.69 Å². The molecule has 1 rings (SSSR count). The third kappa shape index (κ3) is 2.29. The molecular weight excluding hydrogens is 172 g/mol. The number of rotatable bonds is 3. The highest BCUT2D eigenvalue weighted by Crippen LogP contribution is 2.15. The minimum absolute atomic E-state index is 0.309. The van der Waals surface area contributed by atoms with Gasteiger partial charge in [-0.05, 0) is 13.0 Å². The van der Waals surface area contributed by atoms with Crippen molar-refractivity contribution < 1.29 is 15.0 Å². The van der Waals surface area contributed by atoms with Crippen molar-refractivity contribution in [1.29, 1.82) is 0 Å². The lowest BCUT2D eigenvalue weighted by atomic mass is 10.2. The van der Waals surface area contributed by atoms with Crippen molar-refractivity contribution in [2.75, 3.05) is 0 Å². The third-order valence-corrected chi connectivity index (χ3v) is 1.84. The number of carbonyl (C=O) groups is 1. The molecule has 1 atom stereocenters. The normalized spacial score (nSPS) is 12.8. The van der Waals surface area contributed by atoms with Gasteiger partial charge in [0.2, 0.25) is 0 Å². The van der Waals surface area contributed by atoms with E-state index in [1.807, 2.05) is 6.92 Å². The number of aliphatic hydroxyl groups is 1. The summed E-state index contributed by atoms with van der Waals surface area (Å²) in [5.74, 6) is -1.03. The lowest BCUT2D eigenvalue weighted by molar-refractivity contribution is -0.139. The second kappa shape index (κ2) is 3.57. The molecule has 0 aliphatic rings. The van der Waals surface area contributed by atoms with Crippen LogP contribution >= 0.6 is 0 Å². The summed E-state index contributed by atoms with van der Waals surface area (Å²) in [4.78, 5) is 10.3. The first kappa shape index (κ1) is 9.73. The van der Waals surface area contributed by atoms with Gasteiger partial charge in [-0.2, -0.15) is 5.10 Å². The molecular formula is C8H12N2O3. The second-order valence-electron chi connectivity index (χ2n) is 2.95. The summed E-state index contributed by atoms with van der Waals surface area (Å²) in [5.41, 5.74) is 1.29. The predicted molar refractivity (Wildman–Crippen MR) is 45.2 cm³/mol. The van der Waals surface area contributed by atoms with Crippen molar-refractivity contribution in [2.45, 2.75) is 19.4 Å². The van der Waals surface area contributed by atoms with Crippen molar-refractivity contribution in [3.8, 4) is 0 Å². The minimum atomic E-state index is -1.03. The Morgan fingerprint density at radius 1 is 1.77 bits per heavy atom. The summed E-state index contributed by atoms with van der Waals surface area (Å²) in [7, 11) is 1.74. The SMILES string of the molecule is Cc1cc(C(O)CC(=O)O)nn1C. The molecule has 0 aromatic carbocycles. The second-order valence-corrected chi connectivity index (χ2v) is 2.95. The summed E-state index contributed by atoms with van der Waals surface area (Å²) in [5, 5.41) is 21.8. The zero-order valence-electron chi connectivity index (χ0n) is 7.56. The maximum atomic E-state index is 10.3. The van der Waals surface area contributed by atoms with E-state index in [1.54, 1.807) is 17.8 Å². The minimum Gasteiger partial charge on any atom is -0.481 e. The number of hydrogen-bond acceptors (Lipinski definition) is 3. The summed E-state index contributed by atoms with van der Waals surface area (Å²) in [6.45, 7) is 1.84. The standard InChI is InChI=1S/C8H12N2O3/c1-5-3-6(9-10(5)2)7(11)4-8(12)13/h3,7,11H,4H2,1-2H3,(H,12,13). The van der Waals surface area contributed by atoms with Gasteiger partial charge in [0, 0.05) is 12.7 Å². The van der Waals surface area contributed by atoms with Gasteiger partial charge in [0.15, 0.2) is 0 Å². The van der Waals surface area contributed by atoms with Gasteiger partial charge in [0.25, 0.3) is 0 Å². The number of hydrogen-bond donors (Lipinski definition) is 2. The fourth-order valence-electron chi connectivity index (χ4n) is 1.02. The Kier molecular flexibility index (Phi) is 2.67. The molecule has 13 heavy (non-hydrogen) atoms. The van der Waals surface area contributed by atoms with E-state index in [2.05, 4.69) is 5.10 Å². The number of carboxylic acid groups (broad SMARTS) is 1. The van der Waals surface area contributed by atoms with Crippen molar-refractivity contribution in [1.82, 2.24) is 9.78 Å². The highest BCUT2D eigenvalue weighted by atomic mass is 16.4. The van der Waals surface area contributed by atoms with Crippen molar-refractivity contribution >= 4 is 5.97 Å². The Labute approximate surface area is 75.6 Å². The first-order chi connectivity index (χ1) is 6.00. The van der Waals surface area contributed by atoms with Gasteiger partial charge in [-0.3, -0.25) is 9.48 Å². The van der Waals surface area contributed by atoms with Gasteiger partial charge in [-0.1, -0.05) is 0 Å². The Bertz CT molecular complexity index is 300. The molecule has 0 saturated heterocycles. The number of aliphatic hydroxyl groups excluding tert-OH is 1. The van der Waals surface area contributed by atoms with Crippen LogP contribution in [0.5, 0.6) is 0 Å². The lowest BCUT2D eigenvalue weighted by Gasteiger charge is -2.02. The monoisotopic (exact) mass is 184 g/mol. The van der Waals surface area contributed by atoms with Crippen LogP contribution in [0.1, 0.15) is 23.9 Å². The van der Waals surface area contributed by atoms with Gasteiger partial charge >= 0.3 is 5.97 Å². The average molecular weight is 184 g/mol. The molecule has 0 amide bonds. The van der Waals surface area contributed by atoms with Crippen LogP contribution in [0.25, 0.3) is 0 Å². The highest BCUT2D eigenvalue weighted by Gasteiger charge is 2.15. The maximum Gasteiger partial charge on any atom is 0.306 e. The molecule has 0 bridgehead atoms. The van der Waals surface area contributed by atoms with E-state index in [4.69, 9.17) is 5.11 Å². The Morgan fingerprint density at radius 2 is 2.38 bits per heavy atom. The molecule has 72 valence electrons. The zero-order chi connectivity index (χ0) is 10.0. The molecule has 0 radical (unpaired) electrons. The maximum absolute atomic E-state index is 10.3. The third-order valence-electron chi connectivity index (χ3n) is 1.84. The predicted octanol–water partition coefficient (Wildman–Crippen LogP) is 0.237. The van der Waals surface area contributed by atoms with Crippen LogP contribution in [0, 0.1) is 6.92 Å². The van der Waals surface area contributed by atoms with Crippen LogP contribution in [0.4, 0.5) is 0 Å². The largest absolute Gasteiger partial charge is 0.481 e. The number of aromatic nitrogens is 2. The van der Waals surface area contributed by atoms with Gasteiger partial charge in [-0.15, -0.1) is 0 Å². The first-order valence-electron chi connectivity index (χ1n) is 3.91. The van der Waals surface area contributed by atoms with Crippen molar-refractivity contribution in [3.63, 3.8) is 0 Å². The zero-order valence-corrected chi connectivity index (χ0v) is 7.56. The van der Waals surface area contributed by atoms with Crippen LogP contribution in [-0.4, -0.2) is 26.0 Å². The summed E-state index contributed by atoms with van der Waals surface area (Å²) in [6.07, 6.45) is -1.33. The first-order valence-corrected chi connectivity index (χ1v) is 3.91. The van der Waals surface area contributed by atoms with Gasteiger partial charge in [-0.25, -0.2) is 0 Å². The molecule has 2 N–H and O–H groups in total. The Morgan fingerprint density at radius 3 is 2.77 bits per heavy atom. The quantitative estimate of drug-likeness (QED) is 0.705. The number of carboxylic acids is 1. The van der Waals surface area contributed by atoms with Gasteiger partial charge < -0.3 is 10.2 Å². The Balaban J connectivity index is 2.77. The topological polar surface area (TPSA) is 75.3 Å². The van der Waals surface area contributed by atoms with Crippen LogP contribution in [0.3, 0.4) is 0 Å². The molecule has 5 heteroatoms.